The van der Waals surface area contributed by atoms with E-state index in [0.29, 0.717) is 5.56 Å². The van der Waals surface area contributed by atoms with Crippen molar-refractivity contribution in [1.82, 2.24) is 0 Å². The molecule has 0 amide bonds. The molecule has 4 nitrogen and oxygen atoms in total. The molecule has 0 fully saturated rings. The highest BCUT2D eigenvalue weighted by atomic mass is 16.6. The van der Waals surface area contributed by atoms with E-state index in [0.717, 1.165) is 6.92 Å². The molecule has 0 aliphatic rings. The van der Waals surface area contributed by atoms with Crippen LogP contribution in [0.3, 0.4) is 0 Å². The van der Waals surface area contributed by atoms with Gasteiger partial charge in [0.2, 0.25) is 0 Å². The molecule has 0 aromatic heterocycles. The lowest BCUT2D eigenvalue weighted by Crippen LogP contribution is -2.32. The quantitative estimate of drug-likeness (QED) is 0.636. The molecule has 0 unspecified atom stereocenters. The second-order valence-electron chi connectivity index (χ2n) is 2.72. The van der Waals surface area contributed by atoms with Crippen molar-refractivity contribution in [2.24, 2.45) is 0 Å². The average Bonchev–Trinajstić information content (AvgIpc) is 2.15. The Morgan fingerprint density at radius 1 is 1.29 bits per heavy atom. The van der Waals surface area contributed by atoms with Crippen LogP contribution in [0.15, 0.2) is 30.3 Å². The molecule has 0 saturated carbocycles. The molecule has 0 heterocycles. The molecule has 74 valence electrons. The third-order valence-corrected chi connectivity index (χ3v) is 1.60. The number of aliphatic carboxylic acids is 1. The summed E-state index contributed by atoms with van der Waals surface area (Å²) in [6, 6.07) is 8.18. The molecule has 1 rings (SSSR count). The van der Waals surface area contributed by atoms with Gasteiger partial charge in [-0.15, -0.1) is 0 Å². The highest BCUT2D eigenvalue weighted by molar-refractivity contribution is 5.77. The molecule has 4 heteroatoms. The van der Waals surface area contributed by atoms with E-state index >= 15 is 0 Å². The molecule has 1 aromatic rings. The van der Waals surface area contributed by atoms with Crippen molar-refractivity contribution < 1.29 is 19.4 Å². The first-order valence-corrected chi connectivity index (χ1v) is 4.04. The normalized spacial score (nSPS) is 11.8. The van der Waals surface area contributed by atoms with Gasteiger partial charge in [0, 0.05) is 6.92 Å². The zero-order chi connectivity index (χ0) is 10.6. The van der Waals surface area contributed by atoms with Crippen molar-refractivity contribution in [3.8, 4) is 0 Å². The van der Waals surface area contributed by atoms with Crippen LogP contribution in [0.4, 0.5) is 0 Å². The third-order valence-electron chi connectivity index (χ3n) is 1.60. The lowest BCUT2D eigenvalue weighted by atomic mass is 10.1. The maximum absolute atomic E-state index is 10.6. The van der Waals surface area contributed by atoms with Crippen LogP contribution < -0.4 is 5.11 Å². The number of carboxylic acid groups (broad SMARTS) is 1. The van der Waals surface area contributed by atoms with Gasteiger partial charge in [-0.25, -0.2) is 0 Å². The zero-order valence-electron chi connectivity index (χ0n) is 7.60. The summed E-state index contributed by atoms with van der Waals surface area (Å²) in [5.41, 5.74) is 0.391. The molecule has 0 radical (unpaired) electrons. The first-order chi connectivity index (χ1) is 6.61. The second-order valence-corrected chi connectivity index (χ2v) is 2.72. The summed E-state index contributed by atoms with van der Waals surface area (Å²) in [4.78, 5) is 21.3. The fraction of sp³-hybridized carbons (Fsp3) is 0.200. The van der Waals surface area contributed by atoms with E-state index in [1.165, 1.54) is 0 Å². The molecule has 1 aromatic carbocycles. The van der Waals surface area contributed by atoms with Gasteiger partial charge in [-0.3, -0.25) is 4.79 Å². The van der Waals surface area contributed by atoms with Crippen LogP contribution in [-0.4, -0.2) is 11.9 Å². The topological polar surface area (TPSA) is 66.4 Å². The summed E-state index contributed by atoms with van der Waals surface area (Å²) in [7, 11) is 0. The van der Waals surface area contributed by atoms with Crippen molar-refractivity contribution in [1.29, 1.82) is 0 Å². The lowest BCUT2D eigenvalue weighted by molar-refractivity contribution is -0.316. The first kappa shape index (κ1) is 10.2. The Morgan fingerprint density at radius 2 is 1.86 bits per heavy atom. The predicted molar refractivity (Wildman–Crippen MR) is 46.0 cm³/mol. The monoisotopic (exact) mass is 193 g/mol. The summed E-state index contributed by atoms with van der Waals surface area (Å²) in [5, 5.41) is 10.6. The van der Waals surface area contributed by atoms with Crippen LogP contribution in [0.25, 0.3) is 0 Å². The van der Waals surface area contributed by atoms with Crippen molar-refractivity contribution in [2.75, 3.05) is 0 Å². The number of hydrogen-bond donors (Lipinski definition) is 0. The predicted octanol–water partition coefficient (Wildman–Crippen LogP) is 0.0407. The molecule has 0 N–H and O–H groups in total. The van der Waals surface area contributed by atoms with E-state index in [1.54, 1.807) is 30.3 Å². The number of benzene rings is 1. The minimum atomic E-state index is -1.42. The van der Waals surface area contributed by atoms with Gasteiger partial charge in [0.1, 0.15) is 0 Å². The molecule has 14 heavy (non-hydrogen) atoms. The highest BCUT2D eigenvalue weighted by Crippen LogP contribution is 2.16. The van der Waals surface area contributed by atoms with E-state index in [2.05, 4.69) is 4.74 Å². The van der Waals surface area contributed by atoms with Gasteiger partial charge in [0.15, 0.2) is 6.10 Å². The van der Waals surface area contributed by atoms with Crippen molar-refractivity contribution in [3.05, 3.63) is 35.9 Å². The lowest BCUT2D eigenvalue weighted by Gasteiger charge is -2.17. The fourth-order valence-corrected chi connectivity index (χ4v) is 1.05. The number of carbonyl (C=O) groups is 2. The number of esters is 1. The minimum Gasteiger partial charge on any atom is -0.546 e. The molecule has 0 spiro atoms. The minimum absolute atomic E-state index is 0.391. The number of ether oxygens (including phenoxy) is 1. The van der Waals surface area contributed by atoms with Crippen LogP contribution in [0.2, 0.25) is 0 Å². The summed E-state index contributed by atoms with van der Waals surface area (Å²) in [6.07, 6.45) is -1.33. The van der Waals surface area contributed by atoms with Crippen LogP contribution in [0, 0.1) is 0 Å². The van der Waals surface area contributed by atoms with E-state index in [9.17, 15) is 14.7 Å². The number of hydrogen-bond acceptors (Lipinski definition) is 4. The summed E-state index contributed by atoms with van der Waals surface area (Å²) >= 11 is 0. The Kier molecular flexibility index (Phi) is 3.23. The molecule has 0 bridgehead atoms. The van der Waals surface area contributed by atoms with Gasteiger partial charge in [-0.1, -0.05) is 30.3 Å². The molecule has 0 saturated heterocycles. The summed E-state index contributed by atoms with van der Waals surface area (Å²) in [6.45, 7) is 1.15. The van der Waals surface area contributed by atoms with Gasteiger partial charge in [0.25, 0.3) is 0 Å². The van der Waals surface area contributed by atoms with E-state index in [1.807, 2.05) is 0 Å². The smallest absolute Gasteiger partial charge is 0.303 e. The van der Waals surface area contributed by atoms with E-state index in [4.69, 9.17) is 0 Å². The second kappa shape index (κ2) is 4.41. The average molecular weight is 193 g/mol. The third kappa shape index (κ3) is 2.58. The Morgan fingerprint density at radius 3 is 2.29 bits per heavy atom. The van der Waals surface area contributed by atoms with E-state index < -0.39 is 18.0 Å². The summed E-state index contributed by atoms with van der Waals surface area (Å²) < 4.78 is 4.60. The number of carbonyl (C=O) groups excluding carboxylic acids is 2. The first-order valence-electron chi connectivity index (χ1n) is 4.04. The van der Waals surface area contributed by atoms with Crippen molar-refractivity contribution in [2.45, 2.75) is 13.0 Å². The van der Waals surface area contributed by atoms with Gasteiger partial charge < -0.3 is 14.6 Å². The van der Waals surface area contributed by atoms with Gasteiger partial charge in [-0.2, -0.15) is 0 Å². The largest absolute Gasteiger partial charge is 0.546 e. The van der Waals surface area contributed by atoms with Crippen LogP contribution >= 0.6 is 0 Å². The highest BCUT2D eigenvalue weighted by Gasteiger charge is 2.14. The molecule has 0 aliphatic carbocycles. The maximum Gasteiger partial charge on any atom is 0.303 e. The Hall–Kier alpha value is -1.84. The number of rotatable bonds is 3. The molecular weight excluding hydrogens is 184 g/mol. The van der Waals surface area contributed by atoms with Crippen LogP contribution in [-0.2, 0) is 14.3 Å². The fourth-order valence-electron chi connectivity index (χ4n) is 1.05. The zero-order valence-corrected chi connectivity index (χ0v) is 7.60. The Bertz CT molecular complexity index is 331. The number of carboxylic acids is 1. The Labute approximate surface area is 81.1 Å². The SMILES string of the molecule is CC(=O)O[C@H](C(=O)[O-])c1ccccc1. The standard InChI is InChI=1S/C10H10O4/c1-7(11)14-9(10(12)13)8-5-3-2-4-6-8/h2-6,9H,1H3,(H,12,13)/p-1/t9-/m0/s1. The van der Waals surface area contributed by atoms with Crippen LogP contribution in [0.5, 0.6) is 0 Å². The van der Waals surface area contributed by atoms with Gasteiger partial charge in [0.05, 0.1) is 5.97 Å². The Balaban J connectivity index is 2.89. The van der Waals surface area contributed by atoms with Gasteiger partial charge >= 0.3 is 5.97 Å². The van der Waals surface area contributed by atoms with Crippen molar-refractivity contribution >= 4 is 11.9 Å². The molecule has 0 aliphatic heterocycles. The maximum atomic E-state index is 10.6. The van der Waals surface area contributed by atoms with E-state index in [-0.39, 0.29) is 0 Å². The van der Waals surface area contributed by atoms with Crippen molar-refractivity contribution in [3.63, 3.8) is 0 Å². The van der Waals surface area contributed by atoms with Gasteiger partial charge in [-0.05, 0) is 5.56 Å². The molecule has 1 atom stereocenters. The van der Waals surface area contributed by atoms with Crippen LogP contribution in [0.1, 0.15) is 18.6 Å². The summed E-state index contributed by atoms with van der Waals surface area (Å²) in [5.74, 6) is -2.07. The molecular formula is C10H9O4-.